The van der Waals surface area contributed by atoms with Crippen LogP contribution in [0.2, 0.25) is 0 Å². The van der Waals surface area contributed by atoms with E-state index < -0.39 is 30.0 Å². The zero-order valence-electron chi connectivity index (χ0n) is 12.5. The number of H-pyrrole nitrogens is 1. The lowest BCUT2D eigenvalue weighted by Crippen LogP contribution is -2.41. The second-order valence-corrected chi connectivity index (χ2v) is 6.28. The number of aromatic amines is 1. The van der Waals surface area contributed by atoms with Gasteiger partial charge in [0.15, 0.2) is 0 Å². The lowest BCUT2D eigenvalue weighted by atomic mass is 10.1. The van der Waals surface area contributed by atoms with Crippen molar-refractivity contribution in [2.75, 3.05) is 5.75 Å². The van der Waals surface area contributed by atoms with E-state index in [4.69, 9.17) is 17.3 Å². The summed E-state index contributed by atoms with van der Waals surface area (Å²) in [6, 6.07) is -1.19. The molecule has 6 N–H and O–H groups in total. The highest BCUT2D eigenvalue weighted by Gasteiger charge is 2.24. The molecule has 0 saturated carbocycles. The number of carboxylic acids is 1. The lowest BCUT2D eigenvalue weighted by molar-refractivity contribution is -0.140. The Kier molecular flexibility index (Phi) is 7.01. The zero-order valence-corrected chi connectivity index (χ0v) is 14.1. The molecule has 1 aromatic heterocycles. The van der Waals surface area contributed by atoms with Crippen LogP contribution in [0.1, 0.15) is 29.2 Å². The summed E-state index contributed by atoms with van der Waals surface area (Å²) in [7, 11) is 0. The van der Waals surface area contributed by atoms with Gasteiger partial charge in [0, 0.05) is 23.8 Å². The highest BCUT2D eigenvalue weighted by molar-refractivity contribution is 7.99. The van der Waals surface area contributed by atoms with Gasteiger partial charge in [-0.1, -0.05) is 12.2 Å². The van der Waals surface area contributed by atoms with Gasteiger partial charge in [-0.15, -0.1) is 11.8 Å². The number of carboxylic acid groups (broad SMARTS) is 1. The smallest absolute Gasteiger partial charge is 0.327 e. The Labute approximate surface area is 141 Å². The van der Waals surface area contributed by atoms with Crippen molar-refractivity contribution in [1.82, 2.24) is 10.3 Å². The van der Waals surface area contributed by atoms with Crippen molar-refractivity contribution in [3.8, 4) is 5.75 Å². The molecule has 0 aliphatic heterocycles. The van der Waals surface area contributed by atoms with E-state index in [1.807, 2.05) is 0 Å². The van der Waals surface area contributed by atoms with Gasteiger partial charge in [-0.05, 0) is 6.92 Å². The van der Waals surface area contributed by atoms with Crippen LogP contribution in [0.5, 0.6) is 5.75 Å². The quantitative estimate of drug-likeness (QED) is 0.305. The number of aromatic nitrogens is 1. The standard InChI is InChI=1S/C13H18N2O6S2/c1-5-10(18)9(7(3-16)11(22)14-5)13(21)23-4-8(12(19)20)15-6(2)17/h8,13,16,18,21H,3-4H2,1-2H3,(H,14,22)(H,15,17)(H,19,20)/t8-,13?/m0/s1. The fourth-order valence-electron chi connectivity index (χ4n) is 1.89. The maximum absolute atomic E-state index is 11.1. The molecular formula is C13H18N2O6S2. The van der Waals surface area contributed by atoms with E-state index in [0.717, 1.165) is 11.8 Å². The van der Waals surface area contributed by atoms with Gasteiger partial charge < -0.3 is 30.7 Å². The predicted octanol–water partition coefficient (Wildman–Crippen LogP) is 0.564. The average molecular weight is 362 g/mol. The number of aromatic hydroxyl groups is 1. The maximum atomic E-state index is 11.1. The summed E-state index contributed by atoms with van der Waals surface area (Å²) in [5, 5.41) is 41.0. The third kappa shape index (κ3) is 4.93. The van der Waals surface area contributed by atoms with Gasteiger partial charge in [0.05, 0.1) is 12.3 Å². The molecule has 23 heavy (non-hydrogen) atoms. The molecule has 1 aromatic rings. The number of carbonyl (C=O) groups is 2. The molecule has 1 heterocycles. The molecule has 0 aliphatic rings. The largest absolute Gasteiger partial charge is 0.506 e. The monoisotopic (exact) mass is 362 g/mol. The summed E-state index contributed by atoms with van der Waals surface area (Å²) in [5.74, 6) is -2.14. The fraction of sp³-hybridized carbons (Fsp3) is 0.462. The number of rotatable bonds is 7. The van der Waals surface area contributed by atoms with Crippen LogP contribution in [-0.2, 0) is 16.2 Å². The molecule has 8 nitrogen and oxygen atoms in total. The molecule has 128 valence electrons. The Morgan fingerprint density at radius 2 is 2.04 bits per heavy atom. The van der Waals surface area contributed by atoms with E-state index in [9.17, 15) is 24.9 Å². The van der Waals surface area contributed by atoms with Gasteiger partial charge in [0.2, 0.25) is 5.91 Å². The summed E-state index contributed by atoms with van der Waals surface area (Å²) >= 11 is 5.84. The number of hydrogen-bond donors (Lipinski definition) is 6. The fourth-order valence-corrected chi connectivity index (χ4v) is 3.23. The molecule has 0 saturated heterocycles. The Morgan fingerprint density at radius 1 is 1.43 bits per heavy atom. The minimum Gasteiger partial charge on any atom is -0.506 e. The van der Waals surface area contributed by atoms with E-state index in [1.165, 1.54) is 6.92 Å². The maximum Gasteiger partial charge on any atom is 0.327 e. The Hall–Kier alpha value is -1.62. The van der Waals surface area contributed by atoms with Crippen LogP contribution in [0.25, 0.3) is 0 Å². The Morgan fingerprint density at radius 3 is 2.52 bits per heavy atom. The normalized spacial score (nSPS) is 13.4. The van der Waals surface area contributed by atoms with Crippen molar-refractivity contribution in [1.29, 1.82) is 0 Å². The number of aryl methyl sites for hydroxylation is 1. The predicted molar refractivity (Wildman–Crippen MR) is 86.6 cm³/mol. The van der Waals surface area contributed by atoms with Crippen LogP contribution < -0.4 is 5.32 Å². The SMILES string of the molecule is CC(=O)N[C@@H](CSC(O)c1c(O)c(C)[nH]c(=S)c1CO)C(=O)O. The number of aliphatic hydroxyl groups excluding tert-OH is 2. The first-order valence-corrected chi connectivity index (χ1v) is 7.99. The van der Waals surface area contributed by atoms with Gasteiger partial charge >= 0.3 is 5.97 Å². The average Bonchev–Trinajstić information content (AvgIpc) is 2.45. The van der Waals surface area contributed by atoms with E-state index in [1.54, 1.807) is 6.92 Å². The molecule has 10 heteroatoms. The van der Waals surface area contributed by atoms with Gasteiger partial charge in [-0.25, -0.2) is 4.79 Å². The third-order valence-corrected chi connectivity index (χ3v) is 4.44. The number of pyridine rings is 1. The van der Waals surface area contributed by atoms with Crippen molar-refractivity contribution in [3.05, 3.63) is 21.5 Å². The number of aliphatic hydroxyl groups is 2. The highest BCUT2D eigenvalue weighted by atomic mass is 32.2. The number of carbonyl (C=O) groups excluding carboxylic acids is 1. The number of amides is 1. The van der Waals surface area contributed by atoms with Gasteiger partial charge in [0.1, 0.15) is 21.9 Å². The molecule has 0 bridgehead atoms. The second-order valence-electron chi connectivity index (χ2n) is 4.76. The molecule has 1 rings (SSSR count). The highest BCUT2D eigenvalue weighted by Crippen LogP contribution is 2.37. The van der Waals surface area contributed by atoms with Crippen LogP contribution in [0, 0.1) is 11.6 Å². The van der Waals surface area contributed by atoms with Crippen molar-refractivity contribution >= 4 is 35.9 Å². The topological polar surface area (TPSA) is 143 Å². The number of thioether (sulfide) groups is 1. The number of hydrogen-bond acceptors (Lipinski definition) is 7. The first-order valence-electron chi connectivity index (χ1n) is 6.54. The van der Waals surface area contributed by atoms with E-state index in [-0.39, 0.29) is 27.3 Å². The minimum atomic E-state index is -1.32. The van der Waals surface area contributed by atoms with Crippen LogP contribution in [0.15, 0.2) is 0 Å². The molecule has 2 atom stereocenters. The first-order chi connectivity index (χ1) is 10.7. The summed E-state index contributed by atoms with van der Waals surface area (Å²) in [6.45, 7) is 2.24. The molecule has 0 fully saturated rings. The molecule has 1 amide bonds. The van der Waals surface area contributed by atoms with Gasteiger partial charge in [-0.3, -0.25) is 4.79 Å². The zero-order chi connectivity index (χ0) is 17.7. The van der Waals surface area contributed by atoms with Crippen LogP contribution in [0.3, 0.4) is 0 Å². The van der Waals surface area contributed by atoms with Gasteiger partial charge in [-0.2, -0.15) is 0 Å². The number of nitrogens with one attached hydrogen (secondary N) is 2. The molecule has 0 aromatic carbocycles. The molecule has 1 unspecified atom stereocenters. The van der Waals surface area contributed by atoms with E-state index in [2.05, 4.69) is 10.3 Å². The van der Waals surface area contributed by atoms with Gasteiger partial charge in [0.25, 0.3) is 0 Å². The summed E-state index contributed by atoms with van der Waals surface area (Å²) in [5.41, 5.74) is -0.804. The van der Waals surface area contributed by atoms with Crippen molar-refractivity contribution in [2.45, 2.75) is 31.9 Å². The third-order valence-electron chi connectivity index (χ3n) is 3.01. The van der Waals surface area contributed by atoms with Crippen LogP contribution in [0.4, 0.5) is 0 Å². The second kappa shape index (κ2) is 8.29. The molecule has 0 radical (unpaired) electrons. The van der Waals surface area contributed by atoms with E-state index >= 15 is 0 Å². The van der Waals surface area contributed by atoms with Crippen LogP contribution in [-0.4, -0.2) is 49.1 Å². The summed E-state index contributed by atoms with van der Waals surface area (Å²) in [4.78, 5) is 24.7. The number of aliphatic carboxylic acids is 1. The lowest BCUT2D eigenvalue weighted by Gasteiger charge is -2.19. The van der Waals surface area contributed by atoms with Crippen molar-refractivity contribution in [3.63, 3.8) is 0 Å². The summed E-state index contributed by atoms with van der Waals surface area (Å²) in [6.07, 6.45) is 0. The molecule has 0 spiro atoms. The first kappa shape index (κ1) is 19.4. The van der Waals surface area contributed by atoms with Crippen molar-refractivity contribution < 1.29 is 30.0 Å². The minimum absolute atomic E-state index is 0.0331. The van der Waals surface area contributed by atoms with E-state index in [0.29, 0.717) is 5.69 Å². The van der Waals surface area contributed by atoms with Crippen molar-refractivity contribution in [2.24, 2.45) is 0 Å². The molecule has 0 aliphatic carbocycles. The Bertz CT molecular complexity index is 661. The molecular weight excluding hydrogens is 344 g/mol. The van der Waals surface area contributed by atoms with Crippen LogP contribution >= 0.6 is 24.0 Å². The Balaban J connectivity index is 3.02. The summed E-state index contributed by atoms with van der Waals surface area (Å²) < 4.78 is 0.175.